The average molecular weight is 405 g/mol. The predicted molar refractivity (Wildman–Crippen MR) is 111 cm³/mol. The van der Waals surface area contributed by atoms with Gasteiger partial charge in [-0.1, -0.05) is 24.3 Å². The Labute approximate surface area is 172 Å². The van der Waals surface area contributed by atoms with E-state index < -0.39 is 11.9 Å². The van der Waals surface area contributed by atoms with E-state index in [-0.39, 0.29) is 23.8 Å². The number of pyridine rings is 1. The maximum Gasteiger partial charge on any atom is 0.321 e. The third kappa shape index (κ3) is 3.50. The highest BCUT2D eigenvalue weighted by Crippen LogP contribution is 2.28. The zero-order valence-corrected chi connectivity index (χ0v) is 16.6. The fourth-order valence-corrected chi connectivity index (χ4v) is 3.67. The molecule has 2 aromatic carbocycles. The molecule has 0 radical (unpaired) electrons. The molecule has 0 fully saturated rings. The molecule has 152 valence electrons. The monoisotopic (exact) mass is 405 g/mol. The summed E-state index contributed by atoms with van der Waals surface area (Å²) >= 11 is 0. The first kappa shape index (κ1) is 19.6. The minimum absolute atomic E-state index is 0.0672. The summed E-state index contributed by atoms with van der Waals surface area (Å²) in [6.45, 7) is 0. The van der Waals surface area contributed by atoms with Crippen molar-refractivity contribution in [2.75, 3.05) is 7.05 Å². The SMILES string of the molecule is CN1C=C(C(=O)Cc2cccc3c(=O)n(C)ccc23)[C@H](c2ccc(F)cc2)NC1=O. The lowest BCUT2D eigenvalue weighted by Gasteiger charge is -2.30. The van der Waals surface area contributed by atoms with Crippen LogP contribution in [0.3, 0.4) is 0 Å². The summed E-state index contributed by atoms with van der Waals surface area (Å²) in [5.74, 6) is -0.587. The van der Waals surface area contributed by atoms with Crippen molar-refractivity contribution in [1.29, 1.82) is 0 Å². The second-order valence-electron chi connectivity index (χ2n) is 7.34. The molecule has 1 atom stereocenters. The normalized spacial score (nSPS) is 16.4. The second kappa shape index (κ2) is 7.59. The van der Waals surface area contributed by atoms with Crippen LogP contribution in [0.4, 0.5) is 9.18 Å². The zero-order valence-electron chi connectivity index (χ0n) is 16.6. The van der Waals surface area contributed by atoms with Gasteiger partial charge in [-0.15, -0.1) is 0 Å². The van der Waals surface area contributed by atoms with Crippen LogP contribution in [0.2, 0.25) is 0 Å². The maximum atomic E-state index is 13.3. The van der Waals surface area contributed by atoms with Gasteiger partial charge in [0.2, 0.25) is 0 Å². The van der Waals surface area contributed by atoms with Gasteiger partial charge in [0, 0.05) is 43.9 Å². The number of carbonyl (C=O) groups excluding carboxylic acids is 2. The van der Waals surface area contributed by atoms with Crippen LogP contribution in [0.15, 0.2) is 71.3 Å². The Morgan fingerprint density at radius 3 is 2.50 bits per heavy atom. The second-order valence-corrected chi connectivity index (χ2v) is 7.34. The summed E-state index contributed by atoms with van der Waals surface area (Å²) in [4.78, 5) is 39.1. The van der Waals surface area contributed by atoms with Crippen LogP contribution >= 0.6 is 0 Å². The third-order valence-corrected chi connectivity index (χ3v) is 5.32. The van der Waals surface area contributed by atoms with E-state index in [0.717, 1.165) is 10.9 Å². The number of fused-ring (bicyclic) bond motifs is 1. The molecule has 0 aliphatic carbocycles. The molecule has 6 nitrogen and oxygen atoms in total. The Morgan fingerprint density at radius 1 is 1.03 bits per heavy atom. The number of nitrogens with one attached hydrogen (secondary N) is 1. The third-order valence-electron chi connectivity index (χ3n) is 5.32. The van der Waals surface area contributed by atoms with Gasteiger partial charge in [-0.05, 0) is 40.8 Å². The van der Waals surface area contributed by atoms with Crippen molar-refractivity contribution < 1.29 is 14.0 Å². The molecule has 4 rings (SSSR count). The fourth-order valence-electron chi connectivity index (χ4n) is 3.67. The minimum atomic E-state index is -0.676. The van der Waals surface area contributed by atoms with Crippen LogP contribution in [0.1, 0.15) is 17.2 Å². The molecule has 0 saturated carbocycles. The molecule has 2 heterocycles. The Bertz CT molecular complexity index is 1240. The molecule has 1 aliphatic heterocycles. The van der Waals surface area contributed by atoms with Crippen molar-refractivity contribution in [3.63, 3.8) is 0 Å². The number of rotatable bonds is 4. The molecular formula is C23H20FN3O3. The number of benzene rings is 2. The number of ketones is 1. The number of hydrogen-bond acceptors (Lipinski definition) is 3. The summed E-state index contributed by atoms with van der Waals surface area (Å²) in [5.41, 5.74) is 1.61. The minimum Gasteiger partial charge on any atom is -0.327 e. The van der Waals surface area contributed by atoms with E-state index in [2.05, 4.69) is 5.32 Å². The van der Waals surface area contributed by atoms with Crippen LogP contribution in [0, 0.1) is 5.82 Å². The number of carbonyl (C=O) groups is 2. The topological polar surface area (TPSA) is 71.4 Å². The number of amides is 2. The van der Waals surface area contributed by atoms with Crippen LogP contribution in [0.25, 0.3) is 10.8 Å². The summed E-state index contributed by atoms with van der Waals surface area (Å²) in [5, 5.41) is 4.06. The molecule has 1 aromatic heterocycles. The first-order chi connectivity index (χ1) is 14.3. The van der Waals surface area contributed by atoms with Gasteiger partial charge in [0.25, 0.3) is 5.56 Å². The maximum absolute atomic E-state index is 13.3. The molecule has 0 saturated heterocycles. The first-order valence-electron chi connectivity index (χ1n) is 9.46. The molecule has 0 bridgehead atoms. The van der Waals surface area contributed by atoms with E-state index in [1.54, 1.807) is 44.6 Å². The average Bonchev–Trinajstić information content (AvgIpc) is 2.73. The Balaban J connectivity index is 1.72. The number of urea groups is 1. The van der Waals surface area contributed by atoms with Crippen molar-refractivity contribution in [2.24, 2.45) is 7.05 Å². The fraction of sp³-hybridized carbons (Fsp3) is 0.174. The van der Waals surface area contributed by atoms with Gasteiger partial charge in [0.15, 0.2) is 5.78 Å². The van der Waals surface area contributed by atoms with E-state index in [0.29, 0.717) is 16.5 Å². The Hall–Kier alpha value is -3.74. The number of nitrogens with zero attached hydrogens (tertiary/aromatic N) is 2. The van der Waals surface area contributed by atoms with E-state index in [9.17, 15) is 18.8 Å². The Morgan fingerprint density at radius 2 is 1.77 bits per heavy atom. The summed E-state index contributed by atoms with van der Waals surface area (Å²) in [7, 11) is 3.24. The predicted octanol–water partition coefficient (Wildman–Crippen LogP) is 3.07. The molecular weight excluding hydrogens is 385 g/mol. The smallest absolute Gasteiger partial charge is 0.321 e. The molecule has 2 amide bonds. The lowest BCUT2D eigenvalue weighted by atomic mass is 9.91. The standard InChI is InChI=1S/C23H20FN3O3/c1-26-11-10-17-15(4-3-5-18(17)22(26)29)12-20(28)19-13-27(2)23(30)25-21(19)14-6-8-16(24)9-7-14/h3-11,13,21H,12H2,1-2H3,(H,25,30)/t21-/m0/s1. The number of aryl methyl sites for hydroxylation is 1. The van der Waals surface area contributed by atoms with Gasteiger partial charge in [0.05, 0.1) is 6.04 Å². The lowest BCUT2D eigenvalue weighted by Crippen LogP contribution is -2.43. The van der Waals surface area contributed by atoms with Gasteiger partial charge in [-0.3, -0.25) is 9.59 Å². The molecule has 30 heavy (non-hydrogen) atoms. The van der Waals surface area contributed by atoms with E-state index in [4.69, 9.17) is 0 Å². The van der Waals surface area contributed by atoms with Crippen molar-refractivity contribution >= 4 is 22.6 Å². The molecule has 1 aliphatic rings. The van der Waals surface area contributed by atoms with Crippen molar-refractivity contribution in [1.82, 2.24) is 14.8 Å². The molecule has 3 aromatic rings. The molecule has 7 heteroatoms. The highest BCUT2D eigenvalue weighted by Gasteiger charge is 2.30. The van der Waals surface area contributed by atoms with E-state index >= 15 is 0 Å². The Kier molecular flexibility index (Phi) is 4.95. The van der Waals surface area contributed by atoms with Crippen LogP contribution < -0.4 is 10.9 Å². The lowest BCUT2D eigenvalue weighted by molar-refractivity contribution is -0.115. The van der Waals surface area contributed by atoms with Gasteiger partial charge >= 0.3 is 6.03 Å². The highest BCUT2D eigenvalue weighted by atomic mass is 19.1. The molecule has 1 N–H and O–H groups in total. The van der Waals surface area contributed by atoms with Crippen LogP contribution in [-0.4, -0.2) is 28.3 Å². The number of hydrogen-bond donors (Lipinski definition) is 1. The summed E-state index contributed by atoms with van der Waals surface area (Å²) in [6.07, 6.45) is 3.25. The largest absolute Gasteiger partial charge is 0.327 e. The number of aromatic nitrogens is 1. The molecule has 0 unspecified atom stereocenters. The number of halogens is 1. The first-order valence-corrected chi connectivity index (χ1v) is 9.46. The number of Topliss-reactive ketones (excluding diaryl/α,β-unsaturated/α-hetero) is 1. The van der Waals surface area contributed by atoms with Crippen molar-refractivity contribution in [3.8, 4) is 0 Å². The van der Waals surface area contributed by atoms with E-state index in [1.807, 2.05) is 12.1 Å². The zero-order chi connectivity index (χ0) is 21.4. The van der Waals surface area contributed by atoms with Gasteiger partial charge in [-0.25, -0.2) is 9.18 Å². The quantitative estimate of drug-likeness (QED) is 0.725. The summed E-state index contributed by atoms with van der Waals surface area (Å²) < 4.78 is 14.8. The van der Waals surface area contributed by atoms with Crippen LogP contribution in [-0.2, 0) is 18.3 Å². The van der Waals surface area contributed by atoms with Crippen molar-refractivity contribution in [2.45, 2.75) is 12.5 Å². The summed E-state index contributed by atoms with van der Waals surface area (Å²) in [6, 6.07) is 11.8. The van der Waals surface area contributed by atoms with Crippen LogP contribution in [0.5, 0.6) is 0 Å². The van der Waals surface area contributed by atoms with Gasteiger partial charge < -0.3 is 14.8 Å². The van der Waals surface area contributed by atoms with Gasteiger partial charge in [0.1, 0.15) is 5.82 Å². The van der Waals surface area contributed by atoms with Gasteiger partial charge in [-0.2, -0.15) is 0 Å². The highest BCUT2D eigenvalue weighted by molar-refractivity contribution is 6.02. The van der Waals surface area contributed by atoms with E-state index in [1.165, 1.54) is 27.8 Å². The van der Waals surface area contributed by atoms with Crippen molar-refractivity contribution in [3.05, 3.63) is 93.8 Å². The molecule has 0 spiro atoms.